The molecule has 0 bridgehead atoms. The van der Waals surface area contributed by atoms with Crippen molar-refractivity contribution in [3.63, 3.8) is 0 Å². The molecule has 0 aliphatic carbocycles. The van der Waals surface area contributed by atoms with Gasteiger partial charge in [0.2, 0.25) is 0 Å². The SMILES string of the molecule is COC(=O)c1ccc(C#N)c(C#N)c1.COC(=O)c1ccc(C#N)c(OS(=O)(=O)C(F)(F)F)c1. The van der Waals surface area contributed by atoms with E-state index in [0.717, 1.165) is 19.2 Å². The van der Waals surface area contributed by atoms with Crippen LogP contribution in [0.4, 0.5) is 13.2 Å². The van der Waals surface area contributed by atoms with Crippen molar-refractivity contribution in [3.8, 4) is 24.0 Å². The minimum absolute atomic E-state index is 0.176. The molecule has 34 heavy (non-hydrogen) atoms. The molecule has 0 radical (unpaired) electrons. The van der Waals surface area contributed by atoms with Gasteiger partial charge in [0, 0.05) is 0 Å². The topological polar surface area (TPSA) is 167 Å². The molecule has 0 aliphatic heterocycles. The minimum atomic E-state index is -5.94. The normalized spacial score (nSPS) is 10.3. The number of halogens is 3. The Labute approximate surface area is 191 Å². The second-order valence-electron chi connectivity index (χ2n) is 5.77. The maximum Gasteiger partial charge on any atom is 0.534 e. The van der Waals surface area contributed by atoms with Gasteiger partial charge in [-0.15, -0.1) is 0 Å². The summed E-state index contributed by atoms with van der Waals surface area (Å²) in [6.07, 6.45) is 0. The summed E-state index contributed by atoms with van der Waals surface area (Å²) in [6, 6.07) is 12.0. The van der Waals surface area contributed by atoms with Crippen LogP contribution in [0.1, 0.15) is 37.4 Å². The van der Waals surface area contributed by atoms with Crippen molar-refractivity contribution < 1.29 is 44.8 Å². The first-order valence-corrected chi connectivity index (χ1v) is 9.91. The monoisotopic (exact) mass is 495 g/mol. The molecule has 0 aromatic heterocycles. The maximum atomic E-state index is 12.2. The van der Waals surface area contributed by atoms with Gasteiger partial charge in [-0.05, 0) is 36.4 Å². The molecule has 14 heteroatoms. The van der Waals surface area contributed by atoms with Crippen molar-refractivity contribution in [2.45, 2.75) is 5.51 Å². The lowest BCUT2D eigenvalue weighted by molar-refractivity contribution is -0.0500. The molecule has 176 valence electrons. The molecule has 2 rings (SSSR count). The lowest BCUT2D eigenvalue weighted by Gasteiger charge is -2.11. The van der Waals surface area contributed by atoms with Crippen molar-refractivity contribution in [3.05, 3.63) is 64.2 Å². The predicted molar refractivity (Wildman–Crippen MR) is 105 cm³/mol. The van der Waals surface area contributed by atoms with Gasteiger partial charge < -0.3 is 13.7 Å². The van der Waals surface area contributed by atoms with Gasteiger partial charge in [-0.3, -0.25) is 0 Å². The summed E-state index contributed by atoms with van der Waals surface area (Å²) < 4.78 is 70.9. The number of alkyl halides is 3. The number of nitrogens with zero attached hydrogens (tertiary/aromatic N) is 3. The lowest BCUT2D eigenvalue weighted by Crippen LogP contribution is -2.28. The van der Waals surface area contributed by atoms with Gasteiger partial charge >= 0.3 is 27.6 Å². The van der Waals surface area contributed by atoms with Gasteiger partial charge in [0.25, 0.3) is 0 Å². The average Bonchev–Trinajstić information content (AvgIpc) is 2.81. The molecule has 0 unspecified atom stereocenters. The Bertz CT molecular complexity index is 1340. The van der Waals surface area contributed by atoms with E-state index in [9.17, 15) is 31.2 Å². The summed E-state index contributed by atoms with van der Waals surface area (Å²) >= 11 is 0. The van der Waals surface area contributed by atoms with E-state index in [1.165, 1.54) is 31.4 Å². The Morgan fingerprint density at radius 2 is 1.24 bits per heavy atom. The zero-order valence-corrected chi connectivity index (χ0v) is 18.0. The number of ether oxygens (including phenoxy) is 2. The summed E-state index contributed by atoms with van der Waals surface area (Å²) in [4.78, 5) is 22.3. The first kappa shape index (κ1) is 27.4. The van der Waals surface area contributed by atoms with Crippen LogP contribution in [0, 0.1) is 34.0 Å². The van der Waals surface area contributed by atoms with E-state index in [0.29, 0.717) is 6.07 Å². The van der Waals surface area contributed by atoms with Crippen LogP contribution in [-0.4, -0.2) is 40.1 Å². The van der Waals surface area contributed by atoms with Gasteiger partial charge in [-0.1, -0.05) is 0 Å². The minimum Gasteiger partial charge on any atom is -0.465 e. The molecule has 0 aliphatic rings. The van der Waals surface area contributed by atoms with E-state index >= 15 is 0 Å². The van der Waals surface area contributed by atoms with Crippen LogP contribution in [0.25, 0.3) is 0 Å². The number of hydrogen-bond donors (Lipinski definition) is 0. The molecule has 0 saturated carbocycles. The van der Waals surface area contributed by atoms with Crippen molar-refractivity contribution in [2.24, 2.45) is 0 Å². The van der Waals surface area contributed by atoms with E-state index in [1.54, 1.807) is 0 Å². The second kappa shape index (κ2) is 11.3. The molecular formula is C20H12F3N3O7S. The Hall–Kier alpha value is -4.61. The van der Waals surface area contributed by atoms with Crippen LogP contribution >= 0.6 is 0 Å². The van der Waals surface area contributed by atoms with Gasteiger partial charge in [0.15, 0.2) is 5.75 Å². The van der Waals surface area contributed by atoms with Crippen LogP contribution in [0.5, 0.6) is 5.75 Å². The summed E-state index contributed by atoms with van der Waals surface area (Å²) in [5.74, 6) is -2.36. The highest BCUT2D eigenvalue weighted by atomic mass is 32.2. The summed E-state index contributed by atoms with van der Waals surface area (Å²) in [5.41, 5.74) is -5.70. The summed E-state index contributed by atoms with van der Waals surface area (Å²) in [5, 5.41) is 26.0. The standard InChI is InChI=1S/C10H6F3NO5S.C10H6N2O2/c1-18-9(15)6-2-3-7(5-14)8(4-6)19-20(16,17)10(11,12)13;1-14-10(13)7-2-3-8(5-11)9(4-7)6-12/h2-4H,1H3;2-4H,1H3. The molecule has 0 saturated heterocycles. The van der Waals surface area contributed by atoms with E-state index in [-0.39, 0.29) is 22.3 Å². The molecule has 10 nitrogen and oxygen atoms in total. The van der Waals surface area contributed by atoms with Gasteiger partial charge in [-0.2, -0.15) is 37.4 Å². The molecule has 0 N–H and O–H groups in total. The molecule has 0 atom stereocenters. The quantitative estimate of drug-likeness (QED) is 0.349. The molecule has 0 spiro atoms. The Balaban J connectivity index is 0.000000362. The van der Waals surface area contributed by atoms with Gasteiger partial charge in [0.05, 0.1) is 42.0 Å². The third-order valence-electron chi connectivity index (χ3n) is 3.69. The second-order valence-corrected chi connectivity index (χ2v) is 7.31. The summed E-state index contributed by atoms with van der Waals surface area (Å²) in [7, 11) is -3.66. The Kier molecular flexibility index (Phi) is 9.12. The fraction of sp³-hybridized carbons (Fsp3) is 0.150. The number of benzene rings is 2. The molecule has 2 aromatic rings. The van der Waals surface area contributed by atoms with Crippen molar-refractivity contribution >= 4 is 22.1 Å². The van der Waals surface area contributed by atoms with E-state index in [2.05, 4.69) is 13.7 Å². The van der Waals surface area contributed by atoms with E-state index in [1.807, 2.05) is 12.1 Å². The van der Waals surface area contributed by atoms with Gasteiger partial charge in [0.1, 0.15) is 18.2 Å². The Morgan fingerprint density at radius 3 is 1.65 bits per heavy atom. The van der Waals surface area contributed by atoms with Crippen LogP contribution < -0.4 is 4.18 Å². The highest BCUT2D eigenvalue weighted by molar-refractivity contribution is 7.88. The first-order chi connectivity index (χ1) is 15.8. The van der Waals surface area contributed by atoms with Gasteiger partial charge in [-0.25, -0.2) is 9.59 Å². The fourth-order valence-electron chi connectivity index (χ4n) is 2.07. The maximum absolute atomic E-state index is 12.2. The van der Waals surface area contributed by atoms with Crippen molar-refractivity contribution in [2.75, 3.05) is 14.2 Å². The van der Waals surface area contributed by atoms with E-state index < -0.39 is 38.9 Å². The number of nitriles is 3. The van der Waals surface area contributed by atoms with E-state index in [4.69, 9.17) is 15.8 Å². The molecule has 0 fully saturated rings. The molecule has 0 amide bonds. The highest BCUT2D eigenvalue weighted by Crippen LogP contribution is 2.29. The molecule has 2 aromatic carbocycles. The number of hydrogen-bond acceptors (Lipinski definition) is 10. The van der Waals surface area contributed by atoms with Crippen molar-refractivity contribution in [1.82, 2.24) is 0 Å². The number of methoxy groups -OCH3 is 2. The number of esters is 2. The third kappa shape index (κ3) is 6.69. The van der Waals surface area contributed by atoms with Crippen LogP contribution in [-0.2, 0) is 19.6 Å². The zero-order valence-electron chi connectivity index (χ0n) is 17.2. The number of carbonyl (C=O) groups is 2. The van der Waals surface area contributed by atoms with Crippen LogP contribution in [0.3, 0.4) is 0 Å². The number of rotatable bonds is 4. The zero-order chi connectivity index (χ0) is 26.1. The summed E-state index contributed by atoms with van der Waals surface area (Å²) in [6.45, 7) is 0. The average molecular weight is 495 g/mol. The Morgan fingerprint density at radius 1 is 0.794 bits per heavy atom. The number of carbonyl (C=O) groups excluding carboxylic acids is 2. The third-order valence-corrected chi connectivity index (χ3v) is 4.65. The molecular weight excluding hydrogens is 483 g/mol. The van der Waals surface area contributed by atoms with Crippen molar-refractivity contribution in [1.29, 1.82) is 15.8 Å². The predicted octanol–water partition coefficient (Wildman–Crippen LogP) is 2.79. The largest absolute Gasteiger partial charge is 0.534 e. The first-order valence-electron chi connectivity index (χ1n) is 8.51. The van der Waals surface area contributed by atoms with Crippen LogP contribution in [0.15, 0.2) is 36.4 Å². The molecule has 0 heterocycles. The lowest BCUT2D eigenvalue weighted by atomic mass is 10.1. The smallest absolute Gasteiger partial charge is 0.465 e. The fourth-order valence-corrected chi connectivity index (χ4v) is 2.54. The highest BCUT2D eigenvalue weighted by Gasteiger charge is 2.48. The van der Waals surface area contributed by atoms with Crippen LogP contribution in [0.2, 0.25) is 0 Å².